The lowest BCUT2D eigenvalue weighted by atomic mass is 10.0. The Bertz CT molecular complexity index is 1020. The van der Waals surface area contributed by atoms with Gasteiger partial charge in [0, 0.05) is 5.39 Å². The number of methoxy groups -OCH3 is 1. The molecule has 0 aliphatic rings. The van der Waals surface area contributed by atoms with Gasteiger partial charge >= 0.3 is 0 Å². The minimum absolute atomic E-state index is 0.0524. The van der Waals surface area contributed by atoms with Crippen molar-refractivity contribution in [1.82, 2.24) is 4.98 Å². The molecular formula is C19H19NO5S. The summed E-state index contributed by atoms with van der Waals surface area (Å²) in [6, 6.07) is 13.3. The summed E-state index contributed by atoms with van der Waals surface area (Å²) in [5, 5.41) is 11.2. The Morgan fingerprint density at radius 2 is 1.88 bits per heavy atom. The molecule has 0 saturated carbocycles. The predicted molar refractivity (Wildman–Crippen MR) is 97.6 cm³/mol. The highest BCUT2D eigenvalue weighted by Crippen LogP contribution is 2.27. The number of ether oxygens (including phenoxy) is 1. The lowest BCUT2D eigenvalue weighted by Gasteiger charge is -2.14. The van der Waals surface area contributed by atoms with Crippen LogP contribution in [0.15, 0.2) is 59.6 Å². The third-order valence-electron chi connectivity index (χ3n) is 4.02. The number of aromatic nitrogens is 1. The van der Waals surface area contributed by atoms with Gasteiger partial charge in [0.15, 0.2) is 0 Å². The molecule has 7 heteroatoms. The monoisotopic (exact) mass is 373 g/mol. The lowest BCUT2D eigenvalue weighted by molar-refractivity contribution is 0.112. The van der Waals surface area contributed by atoms with E-state index in [-0.39, 0.29) is 4.90 Å². The molecule has 6 nitrogen and oxygen atoms in total. The van der Waals surface area contributed by atoms with E-state index in [9.17, 15) is 13.5 Å². The number of pyridine rings is 1. The first kappa shape index (κ1) is 18.3. The van der Waals surface area contributed by atoms with Gasteiger partial charge < -0.3 is 9.84 Å². The molecule has 0 unspecified atom stereocenters. The standard InChI is InChI=1S/C19H19NO5S/c1-13-6-8-15(9-7-13)26(22,23)25-12-19(21)16-4-3-5-18-17(16)10-14(24-2)11-20-18/h3-11,19,21H,12H2,1-2H3/t19-/m0/s1. The van der Waals surface area contributed by atoms with Gasteiger partial charge in [-0.05, 0) is 36.8 Å². The van der Waals surface area contributed by atoms with Crippen molar-refractivity contribution in [2.24, 2.45) is 0 Å². The molecule has 0 aliphatic carbocycles. The van der Waals surface area contributed by atoms with Crippen molar-refractivity contribution in [2.75, 3.05) is 13.7 Å². The quantitative estimate of drug-likeness (QED) is 0.669. The average molecular weight is 373 g/mol. The van der Waals surface area contributed by atoms with Crippen LogP contribution in [0.2, 0.25) is 0 Å². The Hall–Kier alpha value is -2.48. The van der Waals surface area contributed by atoms with Crippen molar-refractivity contribution in [3.63, 3.8) is 0 Å². The minimum Gasteiger partial charge on any atom is -0.495 e. The number of aliphatic hydroxyl groups excluding tert-OH is 1. The van der Waals surface area contributed by atoms with Crippen LogP contribution in [-0.2, 0) is 14.3 Å². The first-order valence-corrected chi connectivity index (χ1v) is 9.38. The highest BCUT2D eigenvalue weighted by atomic mass is 32.2. The predicted octanol–water partition coefficient (Wildman–Crippen LogP) is 2.99. The normalized spacial score (nSPS) is 12.9. The van der Waals surface area contributed by atoms with Crippen molar-refractivity contribution in [3.05, 3.63) is 65.9 Å². The SMILES string of the molecule is COc1cnc2cccc([C@@H](O)COS(=O)(=O)c3ccc(C)cc3)c2c1. The first-order valence-electron chi connectivity index (χ1n) is 7.97. The molecule has 1 heterocycles. The van der Waals surface area contributed by atoms with Crippen LogP contribution in [0.25, 0.3) is 10.9 Å². The number of nitrogens with zero attached hydrogens (tertiary/aromatic N) is 1. The largest absolute Gasteiger partial charge is 0.495 e. The summed E-state index contributed by atoms with van der Waals surface area (Å²) in [7, 11) is -2.42. The molecule has 0 fully saturated rings. The third kappa shape index (κ3) is 3.85. The average Bonchev–Trinajstić information content (AvgIpc) is 2.65. The van der Waals surface area contributed by atoms with E-state index in [4.69, 9.17) is 8.92 Å². The number of aryl methyl sites for hydroxylation is 1. The molecule has 0 radical (unpaired) electrons. The van der Waals surface area contributed by atoms with Gasteiger partial charge in [-0.3, -0.25) is 9.17 Å². The zero-order valence-corrected chi connectivity index (χ0v) is 15.2. The number of benzene rings is 2. The Morgan fingerprint density at radius 3 is 2.58 bits per heavy atom. The molecule has 0 amide bonds. The van der Waals surface area contributed by atoms with Crippen molar-refractivity contribution < 1.29 is 22.4 Å². The number of hydrogen-bond donors (Lipinski definition) is 1. The van der Waals surface area contributed by atoms with E-state index < -0.39 is 22.8 Å². The van der Waals surface area contributed by atoms with Crippen LogP contribution in [0.5, 0.6) is 5.75 Å². The maximum atomic E-state index is 12.3. The molecule has 2 aromatic carbocycles. The summed E-state index contributed by atoms with van der Waals surface area (Å²) in [5.41, 5.74) is 2.14. The summed E-state index contributed by atoms with van der Waals surface area (Å²) in [6.07, 6.45) is 0.449. The molecule has 3 rings (SSSR count). The van der Waals surface area contributed by atoms with Gasteiger partial charge in [-0.1, -0.05) is 29.8 Å². The van der Waals surface area contributed by atoms with Gasteiger partial charge in [0.05, 0.1) is 30.3 Å². The first-order chi connectivity index (χ1) is 12.4. The lowest BCUT2D eigenvalue weighted by Crippen LogP contribution is -2.14. The summed E-state index contributed by atoms with van der Waals surface area (Å²) in [5.74, 6) is 0.547. The van der Waals surface area contributed by atoms with E-state index in [1.54, 1.807) is 42.6 Å². The van der Waals surface area contributed by atoms with Gasteiger partial charge in [0.25, 0.3) is 10.1 Å². The Morgan fingerprint density at radius 1 is 1.15 bits per heavy atom. The molecular weight excluding hydrogens is 354 g/mol. The Balaban J connectivity index is 1.83. The molecule has 0 spiro atoms. The molecule has 3 aromatic rings. The fourth-order valence-electron chi connectivity index (χ4n) is 2.57. The molecule has 1 atom stereocenters. The molecule has 0 saturated heterocycles. The number of rotatable bonds is 6. The minimum atomic E-state index is -3.95. The van der Waals surface area contributed by atoms with Gasteiger partial charge in [0.2, 0.25) is 0 Å². The molecule has 1 N–H and O–H groups in total. The van der Waals surface area contributed by atoms with Crippen molar-refractivity contribution >= 4 is 21.0 Å². The van der Waals surface area contributed by atoms with Crippen molar-refractivity contribution in [3.8, 4) is 5.75 Å². The van der Waals surface area contributed by atoms with Crippen LogP contribution in [0.4, 0.5) is 0 Å². The molecule has 136 valence electrons. The van der Waals surface area contributed by atoms with Crippen LogP contribution in [0, 0.1) is 6.92 Å². The number of fused-ring (bicyclic) bond motifs is 1. The fraction of sp³-hybridized carbons (Fsp3) is 0.211. The Kier molecular flexibility index (Phi) is 5.22. The van der Waals surface area contributed by atoms with E-state index in [1.165, 1.54) is 19.2 Å². The van der Waals surface area contributed by atoms with Crippen LogP contribution in [-0.4, -0.2) is 32.2 Å². The van der Waals surface area contributed by atoms with Crippen LogP contribution in [0.3, 0.4) is 0 Å². The molecule has 0 bridgehead atoms. The maximum Gasteiger partial charge on any atom is 0.297 e. The summed E-state index contributed by atoms with van der Waals surface area (Å²) in [4.78, 5) is 4.32. The molecule has 0 aliphatic heterocycles. The van der Waals surface area contributed by atoms with E-state index >= 15 is 0 Å². The highest BCUT2D eigenvalue weighted by Gasteiger charge is 2.19. The van der Waals surface area contributed by atoms with Gasteiger partial charge in [0.1, 0.15) is 11.9 Å². The summed E-state index contributed by atoms with van der Waals surface area (Å²) < 4.78 is 34.8. The van der Waals surface area contributed by atoms with Gasteiger partial charge in [-0.15, -0.1) is 0 Å². The van der Waals surface area contributed by atoms with Gasteiger partial charge in [-0.25, -0.2) is 0 Å². The van der Waals surface area contributed by atoms with Crippen LogP contribution in [0.1, 0.15) is 17.2 Å². The second kappa shape index (κ2) is 7.41. The second-order valence-electron chi connectivity index (χ2n) is 5.86. The van der Waals surface area contributed by atoms with Crippen LogP contribution < -0.4 is 4.74 Å². The van der Waals surface area contributed by atoms with Gasteiger partial charge in [-0.2, -0.15) is 8.42 Å². The second-order valence-corrected chi connectivity index (χ2v) is 7.47. The smallest absolute Gasteiger partial charge is 0.297 e. The zero-order chi connectivity index (χ0) is 18.7. The van der Waals surface area contributed by atoms with E-state index in [0.717, 1.165) is 5.56 Å². The molecule has 26 heavy (non-hydrogen) atoms. The summed E-state index contributed by atoms with van der Waals surface area (Å²) in [6.45, 7) is 1.47. The van der Waals surface area contributed by atoms with Crippen LogP contribution >= 0.6 is 0 Å². The van der Waals surface area contributed by atoms with E-state index in [1.807, 2.05) is 6.92 Å². The number of hydrogen-bond acceptors (Lipinski definition) is 6. The van der Waals surface area contributed by atoms with Crippen molar-refractivity contribution in [1.29, 1.82) is 0 Å². The Labute approximate surface area is 152 Å². The van der Waals surface area contributed by atoms with E-state index in [2.05, 4.69) is 4.98 Å². The molecule has 1 aromatic heterocycles. The maximum absolute atomic E-state index is 12.3. The highest BCUT2D eigenvalue weighted by molar-refractivity contribution is 7.86. The van der Waals surface area contributed by atoms with Crippen molar-refractivity contribution in [2.45, 2.75) is 17.9 Å². The fourth-order valence-corrected chi connectivity index (χ4v) is 3.49. The van der Waals surface area contributed by atoms with E-state index in [0.29, 0.717) is 22.2 Å². The third-order valence-corrected chi connectivity index (χ3v) is 5.32. The number of aliphatic hydroxyl groups is 1. The summed E-state index contributed by atoms with van der Waals surface area (Å²) >= 11 is 0. The topological polar surface area (TPSA) is 85.7 Å². The zero-order valence-electron chi connectivity index (χ0n) is 14.4.